The third kappa shape index (κ3) is 1.81. The van der Waals surface area contributed by atoms with Crippen LogP contribution in [0.25, 0.3) is 0 Å². The minimum Gasteiger partial charge on any atom is -0.348 e. The molecule has 1 fully saturated rings. The molecule has 1 saturated carbocycles. The molecule has 2 atom stereocenters. The van der Waals surface area contributed by atoms with Gasteiger partial charge in [0.05, 0.1) is 18.0 Å². The smallest absolute Gasteiger partial charge is 0.253 e. The molecule has 0 aromatic carbocycles. The van der Waals surface area contributed by atoms with Crippen molar-refractivity contribution >= 4 is 5.91 Å². The SMILES string of the molecule is NC1CC1NC(=O)c1ccnnc1. The van der Waals surface area contributed by atoms with Crippen molar-refractivity contribution in [1.29, 1.82) is 0 Å². The monoisotopic (exact) mass is 178 g/mol. The summed E-state index contributed by atoms with van der Waals surface area (Å²) in [6, 6.07) is 1.88. The highest BCUT2D eigenvalue weighted by molar-refractivity contribution is 5.94. The molecule has 1 amide bonds. The van der Waals surface area contributed by atoms with E-state index in [1.54, 1.807) is 6.07 Å². The number of amides is 1. The Labute approximate surface area is 75.3 Å². The molecule has 5 nitrogen and oxygen atoms in total. The van der Waals surface area contributed by atoms with Crippen LogP contribution in [0.4, 0.5) is 0 Å². The Hall–Kier alpha value is -1.49. The summed E-state index contributed by atoms with van der Waals surface area (Å²) in [6.07, 6.45) is 3.79. The van der Waals surface area contributed by atoms with Crippen molar-refractivity contribution in [3.8, 4) is 0 Å². The second kappa shape index (κ2) is 3.10. The molecule has 13 heavy (non-hydrogen) atoms. The van der Waals surface area contributed by atoms with Crippen molar-refractivity contribution in [3.63, 3.8) is 0 Å². The lowest BCUT2D eigenvalue weighted by molar-refractivity contribution is 0.0949. The normalized spacial score (nSPS) is 25.3. The van der Waals surface area contributed by atoms with E-state index >= 15 is 0 Å². The zero-order valence-corrected chi connectivity index (χ0v) is 6.97. The fourth-order valence-electron chi connectivity index (χ4n) is 1.06. The molecule has 5 heteroatoms. The first kappa shape index (κ1) is 8.12. The van der Waals surface area contributed by atoms with Gasteiger partial charge >= 0.3 is 0 Å². The van der Waals surface area contributed by atoms with Crippen LogP contribution in [0.15, 0.2) is 18.5 Å². The van der Waals surface area contributed by atoms with Crippen LogP contribution >= 0.6 is 0 Å². The lowest BCUT2D eigenvalue weighted by Crippen LogP contribution is -2.29. The standard InChI is InChI=1S/C8H10N4O/c9-6-3-7(6)12-8(13)5-1-2-10-11-4-5/h1-2,4,6-7H,3,9H2,(H,12,13). The zero-order valence-electron chi connectivity index (χ0n) is 6.97. The molecule has 1 aliphatic carbocycles. The van der Waals surface area contributed by atoms with Gasteiger partial charge in [0.15, 0.2) is 0 Å². The summed E-state index contributed by atoms with van der Waals surface area (Å²) in [6.45, 7) is 0. The van der Waals surface area contributed by atoms with Crippen LogP contribution in [0, 0.1) is 0 Å². The molecule has 2 rings (SSSR count). The fraction of sp³-hybridized carbons (Fsp3) is 0.375. The lowest BCUT2D eigenvalue weighted by Gasteiger charge is -2.01. The minimum absolute atomic E-state index is 0.124. The summed E-state index contributed by atoms with van der Waals surface area (Å²) in [7, 11) is 0. The zero-order chi connectivity index (χ0) is 9.26. The van der Waals surface area contributed by atoms with E-state index < -0.39 is 0 Å². The molecule has 0 spiro atoms. The quantitative estimate of drug-likeness (QED) is 0.627. The molecule has 0 bridgehead atoms. The molecule has 1 heterocycles. The highest BCUT2D eigenvalue weighted by Crippen LogP contribution is 2.18. The molecule has 1 aliphatic rings. The minimum atomic E-state index is -0.132. The van der Waals surface area contributed by atoms with Gasteiger partial charge in [0.2, 0.25) is 0 Å². The molecule has 1 aromatic rings. The summed E-state index contributed by atoms with van der Waals surface area (Å²) in [5, 5.41) is 9.98. The largest absolute Gasteiger partial charge is 0.348 e. The van der Waals surface area contributed by atoms with E-state index in [0.717, 1.165) is 6.42 Å². The maximum atomic E-state index is 11.4. The molecule has 2 unspecified atom stereocenters. The van der Waals surface area contributed by atoms with E-state index in [2.05, 4.69) is 15.5 Å². The van der Waals surface area contributed by atoms with Crippen LogP contribution in [0.3, 0.4) is 0 Å². The van der Waals surface area contributed by atoms with E-state index in [9.17, 15) is 4.79 Å². The molecule has 68 valence electrons. The Morgan fingerprint density at radius 2 is 2.38 bits per heavy atom. The van der Waals surface area contributed by atoms with Gasteiger partial charge in [-0.05, 0) is 12.5 Å². The molecule has 3 N–H and O–H groups in total. The number of carbonyl (C=O) groups excluding carboxylic acids is 1. The van der Waals surface area contributed by atoms with Crippen LogP contribution in [0.2, 0.25) is 0 Å². The second-order valence-electron chi connectivity index (χ2n) is 3.11. The highest BCUT2D eigenvalue weighted by atomic mass is 16.1. The maximum absolute atomic E-state index is 11.4. The topological polar surface area (TPSA) is 80.9 Å². The van der Waals surface area contributed by atoms with E-state index in [1.165, 1.54) is 12.4 Å². The Bertz CT molecular complexity index is 313. The summed E-state index contributed by atoms with van der Waals surface area (Å²) in [4.78, 5) is 11.4. The van der Waals surface area contributed by atoms with Crippen LogP contribution in [0.5, 0.6) is 0 Å². The number of nitrogens with two attached hydrogens (primary N) is 1. The summed E-state index contributed by atoms with van der Waals surface area (Å²) in [5.74, 6) is -0.132. The molecule has 0 aliphatic heterocycles. The van der Waals surface area contributed by atoms with Gasteiger partial charge in [0.1, 0.15) is 0 Å². The molecule has 0 radical (unpaired) electrons. The molecule has 1 aromatic heterocycles. The number of nitrogens with zero attached hydrogens (tertiary/aromatic N) is 2. The predicted octanol–water partition coefficient (Wildman–Crippen LogP) is -0.694. The van der Waals surface area contributed by atoms with Crippen LogP contribution < -0.4 is 11.1 Å². The van der Waals surface area contributed by atoms with Crippen molar-refractivity contribution in [2.45, 2.75) is 18.5 Å². The predicted molar refractivity (Wildman–Crippen MR) is 45.9 cm³/mol. The third-order valence-corrected chi connectivity index (χ3v) is 2.00. The number of aromatic nitrogens is 2. The molecular weight excluding hydrogens is 168 g/mol. The van der Waals surface area contributed by atoms with Gasteiger partial charge in [-0.3, -0.25) is 4.79 Å². The number of rotatable bonds is 2. The first-order valence-corrected chi connectivity index (χ1v) is 4.10. The maximum Gasteiger partial charge on any atom is 0.253 e. The first-order chi connectivity index (χ1) is 6.27. The number of hydrogen-bond acceptors (Lipinski definition) is 4. The van der Waals surface area contributed by atoms with Gasteiger partial charge in [-0.2, -0.15) is 10.2 Å². The van der Waals surface area contributed by atoms with Gasteiger partial charge < -0.3 is 11.1 Å². The summed E-state index contributed by atoms with van der Waals surface area (Å²) >= 11 is 0. The Morgan fingerprint density at radius 1 is 1.62 bits per heavy atom. The van der Waals surface area contributed by atoms with Crippen LogP contribution in [-0.4, -0.2) is 28.2 Å². The van der Waals surface area contributed by atoms with Gasteiger partial charge in [0.25, 0.3) is 5.91 Å². The number of hydrogen-bond donors (Lipinski definition) is 2. The van der Waals surface area contributed by atoms with Crippen molar-refractivity contribution in [2.75, 3.05) is 0 Å². The number of nitrogens with one attached hydrogen (secondary N) is 1. The van der Waals surface area contributed by atoms with E-state index in [-0.39, 0.29) is 18.0 Å². The number of carbonyl (C=O) groups is 1. The van der Waals surface area contributed by atoms with Gasteiger partial charge in [-0.25, -0.2) is 0 Å². The van der Waals surface area contributed by atoms with Crippen molar-refractivity contribution < 1.29 is 4.79 Å². The van der Waals surface area contributed by atoms with Crippen molar-refractivity contribution in [2.24, 2.45) is 5.73 Å². The van der Waals surface area contributed by atoms with E-state index in [0.29, 0.717) is 5.56 Å². The Kier molecular flexibility index (Phi) is 1.94. The third-order valence-electron chi connectivity index (χ3n) is 2.00. The molecular formula is C8H10N4O. The average molecular weight is 178 g/mol. The lowest BCUT2D eigenvalue weighted by atomic mass is 10.3. The van der Waals surface area contributed by atoms with Gasteiger partial charge in [-0.1, -0.05) is 0 Å². The van der Waals surface area contributed by atoms with Crippen LogP contribution in [-0.2, 0) is 0 Å². The highest BCUT2D eigenvalue weighted by Gasteiger charge is 2.34. The Balaban J connectivity index is 1.98. The van der Waals surface area contributed by atoms with E-state index in [1.807, 2.05) is 0 Å². The fourth-order valence-corrected chi connectivity index (χ4v) is 1.06. The van der Waals surface area contributed by atoms with Crippen LogP contribution in [0.1, 0.15) is 16.8 Å². The summed E-state index contributed by atoms with van der Waals surface area (Å²) < 4.78 is 0. The average Bonchev–Trinajstić information content (AvgIpc) is 2.83. The van der Waals surface area contributed by atoms with Crippen molar-refractivity contribution in [3.05, 3.63) is 24.0 Å². The van der Waals surface area contributed by atoms with E-state index in [4.69, 9.17) is 5.73 Å². The van der Waals surface area contributed by atoms with Gasteiger partial charge in [-0.15, -0.1) is 0 Å². The second-order valence-corrected chi connectivity index (χ2v) is 3.11. The Morgan fingerprint density at radius 3 is 2.92 bits per heavy atom. The van der Waals surface area contributed by atoms with Gasteiger partial charge in [0, 0.05) is 12.1 Å². The summed E-state index contributed by atoms with van der Waals surface area (Å²) in [5.41, 5.74) is 6.07. The first-order valence-electron chi connectivity index (χ1n) is 4.10. The van der Waals surface area contributed by atoms with Crippen molar-refractivity contribution in [1.82, 2.24) is 15.5 Å². The molecule has 0 saturated heterocycles.